The average molecular weight is 588 g/mol. The molecule has 0 fully saturated rings. The van der Waals surface area contributed by atoms with Crippen molar-refractivity contribution in [3.63, 3.8) is 0 Å². The van der Waals surface area contributed by atoms with Crippen molar-refractivity contribution in [3.05, 3.63) is 58.1 Å². The molecular weight excluding hydrogens is 581 g/mol. The van der Waals surface area contributed by atoms with Crippen LogP contribution in [0.4, 0.5) is 58.4 Å². The number of hydrogen-bond donors (Lipinski definition) is 1. The molecule has 2 nitrogen and oxygen atoms in total. The van der Waals surface area contributed by atoms with Crippen LogP contribution in [0.15, 0.2) is 35.3 Å². The molecule has 0 aliphatic rings. The number of rotatable bonds is 2. The molecular formula is C17H7Cl2F12NOTi. The van der Waals surface area contributed by atoms with Gasteiger partial charge >= 0.3 is 60.3 Å². The van der Waals surface area contributed by atoms with Gasteiger partial charge in [0, 0.05) is 11.8 Å². The molecule has 0 aliphatic carbocycles. The second-order valence-electron chi connectivity index (χ2n) is 5.95. The minimum atomic E-state index is -6.17. The number of phenolic OH excluding ortho intramolecular Hbond substituents is 1. The van der Waals surface area contributed by atoms with Gasteiger partial charge in [-0.05, 0) is 18.2 Å². The van der Waals surface area contributed by atoms with Crippen LogP contribution in [0.25, 0.3) is 0 Å². The number of phenols is 1. The standard InChI is InChI=1S/C17H7F12NO.2ClH.Ti/c18-14(19,20)8-5-9(15(21,22)23)12(17(27,28)29)13(11(8)16(24,25)26)30-6-7-3-1-2-4-10(7)31;;;/h1-6,31H;2*1H;/q;;;+2/p-2. The molecule has 2 aromatic carbocycles. The third kappa shape index (κ3) is 7.69. The first-order chi connectivity index (χ1) is 15.3. The van der Waals surface area contributed by atoms with E-state index < -0.39 is 87.1 Å². The first-order valence-electron chi connectivity index (χ1n) is 8.04. The monoisotopic (exact) mass is 587 g/mol. The summed E-state index contributed by atoms with van der Waals surface area (Å²) in [7, 11) is 9.78. The fourth-order valence-corrected chi connectivity index (χ4v) is 2.55. The van der Waals surface area contributed by atoms with Gasteiger partial charge < -0.3 is 5.11 Å². The molecule has 0 aliphatic heterocycles. The Morgan fingerprint density at radius 1 is 0.706 bits per heavy atom. The van der Waals surface area contributed by atoms with E-state index in [2.05, 4.69) is 4.99 Å². The van der Waals surface area contributed by atoms with Crippen LogP contribution < -0.4 is 0 Å². The Morgan fingerprint density at radius 2 is 1.09 bits per heavy atom. The Labute approximate surface area is 198 Å². The number of alkyl halides is 12. The second kappa shape index (κ2) is 11.0. The molecule has 0 saturated heterocycles. The minimum absolute atomic E-state index is 0.0927. The van der Waals surface area contributed by atoms with Gasteiger partial charge in [0.05, 0.1) is 27.9 Å². The van der Waals surface area contributed by atoms with Crippen molar-refractivity contribution < 1.29 is 74.8 Å². The maximum atomic E-state index is 13.4. The molecule has 2 aromatic rings. The average Bonchev–Trinajstić information content (AvgIpc) is 2.63. The molecule has 0 heterocycles. The summed E-state index contributed by atoms with van der Waals surface area (Å²) in [5, 5.41) is 9.52. The molecule has 2 rings (SSSR count). The van der Waals surface area contributed by atoms with Crippen LogP contribution in [-0.2, 0) is 41.7 Å². The van der Waals surface area contributed by atoms with Gasteiger partial charge in [-0.3, -0.25) is 4.99 Å². The Balaban J connectivity index is 0.00000182. The Morgan fingerprint density at radius 3 is 1.41 bits per heavy atom. The number of aromatic hydroxyl groups is 1. The molecule has 0 atom stereocenters. The molecule has 0 saturated carbocycles. The third-order valence-electron chi connectivity index (χ3n) is 3.75. The normalized spacial score (nSPS) is 13.0. The van der Waals surface area contributed by atoms with Crippen LogP contribution in [0, 0.1) is 0 Å². The zero-order chi connectivity index (χ0) is 26.7. The maximum absolute atomic E-state index is 13.4. The molecule has 17 heteroatoms. The quantitative estimate of drug-likeness (QED) is 0.213. The van der Waals surface area contributed by atoms with E-state index in [0.29, 0.717) is 0 Å². The Kier molecular flexibility index (Phi) is 9.80. The summed E-state index contributed by atoms with van der Waals surface area (Å²) >= 11 is -0.556. The predicted octanol–water partition coefficient (Wildman–Crippen LogP) is 8.59. The summed E-state index contributed by atoms with van der Waals surface area (Å²) in [6.45, 7) is 0. The van der Waals surface area contributed by atoms with E-state index in [4.69, 9.17) is 18.6 Å². The number of nitrogens with zero attached hydrogens (tertiary/aromatic N) is 1. The van der Waals surface area contributed by atoms with Gasteiger partial charge in [-0.1, -0.05) is 12.1 Å². The van der Waals surface area contributed by atoms with Gasteiger partial charge in [-0.2, -0.15) is 52.7 Å². The number of aliphatic imine (C=N–C) groups is 1. The number of hydrogen-bond acceptors (Lipinski definition) is 2. The summed E-state index contributed by atoms with van der Waals surface area (Å²) in [5.41, 5.74) is -15.3. The molecule has 0 unspecified atom stereocenters. The van der Waals surface area contributed by atoms with Gasteiger partial charge in [-0.25, -0.2) is 0 Å². The van der Waals surface area contributed by atoms with Gasteiger partial charge in [0.25, 0.3) is 0 Å². The van der Waals surface area contributed by atoms with E-state index in [-0.39, 0.29) is 6.21 Å². The van der Waals surface area contributed by atoms with E-state index in [0.717, 1.165) is 18.2 Å². The van der Waals surface area contributed by atoms with E-state index in [1.807, 2.05) is 0 Å². The van der Waals surface area contributed by atoms with Crippen LogP contribution in [0.5, 0.6) is 5.75 Å². The summed E-state index contributed by atoms with van der Waals surface area (Å²) in [6, 6.07) is 2.87. The summed E-state index contributed by atoms with van der Waals surface area (Å²) in [6.07, 6.45) is -24.4. The fraction of sp³-hybridized carbons (Fsp3) is 0.235. The van der Waals surface area contributed by atoms with Gasteiger partial charge in [0.2, 0.25) is 0 Å². The van der Waals surface area contributed by atoms with E-state index in [1.54, 1.807) is 0 Å². The third-order valence-corrected chi connectivity index (χ3v) is 3.75. The zero-order valence-electron chi connectivity index (χ0n) is 15.7. The van der Waals surface area contributed by atoms with Crippen molar-refractivity contribution in [2.45, 2.75) is 24.7 Å². The zero-order valence-corrected chi connectivity index (χ0v) is 18.7. The van der Waals surface area contributed by atoms with Gasteiger partial charge in [0.15, 0.2) is 0 Å². The fourth-order valence-electron chi connectivity index (χ4n) is 2.55. The SMILES string of the molecule is Oc1ccccc1C=Nc1c(C(F)(F)F)c(C(F)(F)F)cc(C(F)(F)F)c1C(F)(F)F.[Cl][Ti][Cl]. The van der Waals surface area contributed by atoms with E-state index >= 15 is 0 Å². The van der Waals surface area contributed by atoms with Crippen molar-refractivity contribution in [2.24, 2.45) is 4.99 Å². The second-order valence-corrected chi connectivity index (χ2v) is 8.53. The summed E-state index contributed by atoms with van der Waals surface area (Å²) < 4.78 is 159. The summed E-state index contributed by atoms with van der Waals surface area (Å²) in [4.78, 5) is 2.69. The number of halogens is 14. The first-order valence-corrected chi connectivity index (χ1v) is 12.3. The van der Waals surface area contributed by atoms with Crippen LogP contribution in [0.2, 0.25) is 0 Å². The molecule has 188 valence electrons. The molecule has 1 N–H and O–H groups in total. The topological polar surface area (TPSA) is 32.6 Å². The number of para-hydroxylation sites is 1. The van der Waals surface area contributed by atoms with Gasteiger partial charge in [-0.15, -0.1) is 0 Å². The number of benzene rings is 2. The van der Waals surface area contributed by atoms with Crippen molar-refractivity contribution in [2.75, 3.05) is 0 Å². The van der Waals surface area contributed by atoms with Crippen molar-refractivity contribution in [1.29, 1.82) is 0 Å². The van der Waals surface area contributed by atoms with Crippen molar-refractivity contribution >= 4 is 30.5 Å². The molecule has 0 radical (unpaired) electrons. The van der Waals surface area contributed by atoms with Crippen LogP contribution in [-0.4, -0.2) is 11.3 Å². The van der Waals surface area contributed by atoms with Crippen LogP contribution in [0.3, 0.4) is 0 Å². The first kappa shape index (κ1) is 30.4. The molecule has 0 amide bonds. The molecule has 0 aromatic heterocycles. The Bertz CT molecular complexity index is 979. The summed E-state index contributed by atoms with van der Waals surface area (Å²) in [5.74, 6) is -0.753. The van der Waals surface area contributed by atoms with Crippen molar-refractivity contribution in [3.8, 4) is 5.75 Å². The van der Waals surface area contributed by atoms with Gasteiger partial charge in [0.1, 0.15) is 5.75 Å². The molecule has 34 heavy (non-hydrogen) atoms. The predicted molar refractivity (Wildman–Crippen MR) is 93.5 cm³/mol. The van der Waals surface area contributed by atoms with E-state index in [1.165, 1.54) is 6.07 Å². The molecule has 0 bridgehead atoms. The van der Waals surface area contributed by atoms with Crippen LogP contribution in [0.1, 0.15) is 27.8 Å². The Hall–Kier alpha value is -1.64. The van der Waals surface area contributed by atoms with Crippen LogP contribution >= 0.6 is 18.6 Å². The molecule has 0 spiro atoms. The van der Waals surface area contributed by atoms with Crippen molar-refractivity contribution in [1.82, 2.24) is 0 Å². The van der Waals surface area contributed by atoms with E-state index in [9.17, 15) is 57.8 Å².